The third kappa shape index (κ3) is 1.93. The summed E-state index contributed by atoms with van der Waals surface area (Å²) in [6.45, 7) is 5.92. The van der Waals surface area contributed by atoms with Crippen LogP contribution >= 0.6 is 0 Å². The molecule has 0 aromatic rings. The Morgan fingerprint density at radius 3 is 2.73 bits per heavy atom. The van der Waals surface area contributed by atoms with E-state index < -0.39 is 0 Å². The Balaban J connectivity index is 2.42. The zero-order chi connectivity index (χ0) is 8.43. The van der Waals surface area contributed by atoms with E-state index in [0.717, 1.165) is 19.5 Å². The summed E-state index contributed by atoms with van der Waals surface area (Å²) >= 11 is 0. The van der Waals surface area contributed by atoms with Crippen LogP contribution in [-0.2, 0) is 4.79 Å². The van der Waals surface area contributed by atoms with Crippen LogP contribution in [0.2, 0.25) is 0 Å². The van der Waals surface area contributed by atoms with Gasteiger partial charge in [0.25, 0.3) is 0 Å². The number of hydrogen-bond acceptors (Lipinski definition) is 2. The molecule has 1 amide bonds. The molecule has 1 heterocycles. The van der Waals surface area contributed by atoms with Gasteiger partial charge >= 0.3 is 0 Å². The van der Waals surface area contributed by atoms with Crippen LogP contribution in [-0.4, -0.2) is 29.9 Å². The van der Waals surface area contributed by atoms with Gasteiger partial charge in [0.2, 0.25) is 5.91 Å². The van der Waals surface area contributed by atoms with Crippen molar-refractivity contribution in [2.24, 2.45) is 11.7 Å². The van der Waals surface area contributed by atoms with Crippen molar-refractivity contribution in [3.05, 3.63) is 0 Å². The van der Waals surface area contributed by atoms with Gasteiger partial charge in [-0.05, 0) is 12.3 Å². The molecule has 0 radical (unpaired) electrons. The van der Waals surface area contributed by atoms with Gasteiger partial charge < -0.3 is 10.6 Å². The average molecular weight is 156 g/mol. The Morgan fingerprint density at radius 1 is 1.73 bits per heavy atom. The van der Waals surface area contributed by atoms with Gasteiger partial charge in [0.1, 0.15) is 0 Å². The molecular weight excluding hydrogens is 140 g/mol. The van der Waals surface area contributed by atoms with Gasteiger partial charge in [-0.1, -0.05) is 13.8 Å². The molecule has 2 N–H and O–H groups in total. The van der Waals surface area contributed by atoms with Crippen molar-refractivity contribution in [2.45, 2.75) is 26.3 Å². The van der Waals surface area contributed by atoms with Gasteiger partial charge in [-0.15, -0.1) is 0 Å². The molecule has 0 saturated carbocycles. The number of hydrogen-bond donors (Lipinski definition) is 1. The van der Waals surface area contributed by atoms with Gasteiger partial charge in [0.05, 0.1) is 6.04 Å². The highest BCUT2D eigenvalue weighted by Crippen LogP contribution is 2.10. The van der Waals surface area contributed by atoms with Crippen molar-refractivity contribution in [1.29, 1.82) is 0 Å². The summed E-state index contributed by atoms with van der Waals surface area (Å²) in [6.07, 6.45) is 0.825. The standard InChI is InChI=1S/C8H16N2O/c1-6(2)5-10-4-3-7(9)8(10)11/h6-7H,3-5,9H2,1-2H3. The van der Waals surface area contributed by atoms with E-state index in [1.807, 2.05) is 4.90 Å². The van der Waals surface area contributed by atoms with Crippen molar-refractivity contribution in [2.75, 3.05) is 13.1 Å². The van der Waals surface area contributed by atoms with Crippen LogP contribution in [0.4, 0.5) is 0 Å². The van der Waals surface area contributed by atoms with Crippen LogP contribution in [0.5, 0.6) is 0 Å². The second-order valence-corrected chi connectivity index (χ2v) is 3.57. The topological polar surface area (TPSA) is 46.3 Å². The van der Waals surface area contributed by atoms with Crippen molar-refractivity contribution in [3.8, 4) is 0 Å². The van der Waals surface area contributed by atoms with E-state index in [2.05, 4.69) is 13.8 Å². The summed E-state index contributed by atoms with van der Waals surface area (Å²) in [4.78, 5) is 13.1. The highest BCUT2D eigenvalue weighted by atomic mass is 16.2. The maximum Gasteiger partial charge on any atom is 0.239 e. The Hall–Kier alpha value is -0.570. The number of rotatable bonds is 2. The second kappa shape index (κ2) is 3.22. The third-order valence-electron chi connectivity index (χ3n) is 1.92. The first kappa shape index (κ1) is 8.53. The van der Waals surface area contributed by atoms with E-state index in [1.165, 1.54) is 0 Å². The first-order valence-corrected chi connectivity index (χ1v) is 4.15. The smallest absolute Gasteiger partial charge is 0.239 e. The van der Waals surface area contributed by atoms with Crippen LogP contribution < -0.4 is 5.73 Å². The fraction of sp³-hybridized carbons (Fsp3) is 0.875. The molecular formula is C8H16N2O. The zero-order valence-electron chi connectivity index (χ0n) is 7.21. The van der Waals surface area contributed by atoms with Crippen molar-refractivity contribution in [1.82, 2.24) is 4.90 Å². The minimum atomic E-state index is -0.228. The molecule has 0 aromatic carbocycles. The highest BCUT2D eigenvalue weighted by Gasteiger charge is 2.28. The second-order valence-electron chi connectivity index (χ2n) is 3.57. The van der Waals surface area contributed by atoms with Gasteiger partial charge in [-0.3, -0.25) is 4.79 Å². The highest BCUT2D eigenvalue weighted by molar-refractivity contribution is 5.83. The van der Waals surface area contributed by atoms with E-state index in [9.17, 15) is 4.79 Å². The molecule has 1 fully saturated rings. The lowest BCUT2D eigenvalue weighted by Crippen LogP contribution is -2.35. The molecule has 0 spiro atoms. The third-order valence-corrected chi connectivity index (χ3v) is 1.92. The lowest BCUT2D eigenvalue weighted by Gasteiger charge is -2.17. The monoisotopic (exact) mass is 156 g/mol. The maximum atomic E-state index is 11.2. The van der Waals surface area contributed by atoms with E-state index in [4.69, 9.17) is 5.73 Å². The normalized spacial score (nSPS) is 25.3. The van der Waals surface area contributed by atoms with E-state index >= 15 is 0 Å². The predicted molar refractivity (Wildman–Crippen MR) is 44.0 cm³/mol. The Bertz CT molecular complexity index is 156. The summed E-state index contributed by atoms with van der Waals surface area (Å²) in [5.41, 5.74) is 5.55. The van der Waals surface area contributed by atoms with Crippen molar-refractivity contribution in [3.63, 3.8) is 0 Å². The fourth-order valence-corrected chi connectivity index (χ4v) is 1.39. The quantitative estimate of drug-likeness (QED) is 0.621. The molecule has 1 aliphatic heterocycles. The van der Waals surface area contributed by atoms with Gasteiger partial charge in [-0.2, -0.15) is 0 Å². The van der Waals surface area contributed by atoms with Crippen molar-refractivity contribution >= 4 is 5.91 Å². The minimum absolute atomic E-state index is 0.124. The number of carbonyl (C=O) groups excluding carboxylic acids is 1. The fourth-order valence-electron chi connectivity index (χ4n) is 1.39. The first-order valence-electron chi connectivity index (χ1n) is 4.15. The molecule has 1 atom stereocenters. The molecule has 1 saturated heterocycles. The lowest BCUT2D eigenvalue weighted by molar-refractivity contribution is -0.129. The van der Waals surface area contributed by atoms with E-state index in [-0.39, 0.29) is 11.9 Å². The SMILES string of the molecule is CC(C)CN1CCC(N)C1=O. The molecule has 3 heteroatoms. The van der Waals surface area contributed by atoms with Crippen LogP contribution in [0.1, 0.15) is 20.3 Å². The average Bonchev–Trinajstić information content (AvgIpc) is 2.18. The molecule has 1 rings (SSSR count). The predicted octanol–water partition coefficient (Wildman–Crippen LogP) is 0.202. The summed E-state index contributed by atoms with van der Waals surface area (Å²) < 4.78 is 0. The van der Waals surface area contributed by atoms with Crippen LogP contribution in [0.15, 0.2) is 0 Å². The van der Waals surface area contributed by atoms with Gasteiger partial charge in [0, 0.05) is 13.1 Å². The zero-order valence-corrected chi connectivity index (χ0v) is 7.21. The van der Waals surface area contributed by atoms with Crippen LogP contribution in [0.25, 0.3) is 0 Å². The number of carbonyl (C=O) groups is 1. The Morgan fingerprint density at radius 2 is 2.36 bits per heavy atom. The number of likely N-dealkylation sites (tertiary alicyclic amines) is 1. The van der Waals surface area contributed by atoms with Gasteiger partial charge in [-0.25, -0.2) is 0 Å². The minimum Gasteiger partial charge on any atom is -0.341 e. The maximum absolute atomic E-state index is 11.2. The summed E-state index contributed by atoms with van der Waals surface area (Å²) in [6, 6.07) is -0.228. The molecule has 0 bridgehead atoms. The van der Waals surface area contributed by atoms with Crippen LogP contribution in [0, 0.1) is 5.92 Å². The largest absolute Gasteiger partial charge is 0.341 e. The summed E-state index contributed by atoms with van der Waals surface area (Å²) in [5, 5.41) is 0. The van der Waals surface area contributed by atoms with Gasteiger partial charge in [0.15, 0.2) is 0 Å². The first-order chi connectivity index (χ1) is 5.11. The van der Waals surface area contributed by atoms with E-state index in [0.29, 0.717) is 5.92 Å². The van der Waals surface area contributed by atoms with E-state index in [1.54, 1.807) is 0 Å². The summed E-state index contributed by atoms with van der Waals surface area (Å²) in [7, 11) is 0. The molecule has 1 unspecified atom stereocenters. The number of nitrogens with zero attached hydrogens (tertiary/aromatic N) is 1. The summed E-state index contributed by atoms with van der Waals surface area (Å²) in [5.74, 6) is 0.669. The number of nitrogens with two attached hydrogens (primary N) is 1. The Kier molecular flexibility index (Phi) is 2.49. The Labute approximate surface area is 67.5 Å². The molecule has 0 aliphatic carbocycles. The molecule has 11 heavy (non-hydrogen) atoms. The van der Waals surface area contributed by atoms with Crippen molar-refractivity contribution < 1.29 is 4.79 Å². The number of amides is 1. The molecule has 0 aromatic heterocycles. The van der Waals surface area contributed by atoms with Crippen LogP contribution in [0.3, 0.4) is 0 Å². The lowest BCUT2D eigenvalue weighted by atomic mass is 10.2. The molecule has 64 valence electrons. The molecule has 1 aliphatic rings. The molecule has 3 nitrogen and oxygen atoms in total.